The third-order valence-electron chi connectivity index (χ3n) is 7.03. The van der Waals surface area contributed by atoms with Crippen molar-refractivity contribution in [1.82, 2.24) is 9.80 Å². The van der Waals surface area contributed by atoms with E-state index in [9.17, 15) is 18.0 Å². The molecule has 0 radical (unpaired) electrons. The number of hydrogen-bond acceptors (Lipinski definition) is 3. The van der Waals surface area contributed by atoms with Crippen molar-refractivity contribution >= 4 is 5.91 Å². The van der Waals surface area contributed by atoms with E-state index in [0.29, 0.717) is 31.2 Å². The van der Waals surface area contributed by atoms with Crippen LogP contribution in [-0.4, -0.2) is 48.5 Å². The summed E-state index contributed by atoms with van der Waals surface area (Å²) in [6.45, 7) is 9.12. The van der Waals surface area contributed by atoms with Crippen molar-refractivity contribution in [3.05, 3.63) is 65.2 Å². The van der Waals surface area contributed by atoms with Crippen molar-refractivity contribution in [2.75, 3.05) is 32.8 Å². The molecule has 2 fully saturated rings. The number of alkyl halides is 3. The molecular formula is C27H33F3N2O2. The first-order valence-corrected chi connectivity index (χ1v) is 12.0. The normalized spacial score (nSPS) is 18.6. The van der Waals surface area contributed by atoms with Crippen molar-refractivity contribution in [2.45, 2.75) is 45.8 Å². The summed E-state index contributed by atoms with van der Waals surface area (Å²) in [5.41, 5.74) is 0.985. The van der Waals surface area contributed by atoms with E-state index in [0.717, 1.165) is 56.8 Å². The second-order valence-corrected chi connectivity index (χ2v) is 10.1. The van der Waals surface area contributed by atoms with Crippen LogP contribution >= 0.6 is 0 Å². The lowest BCUT2D eigenvalue weighted by Gasteiger charge is -2.39. The van der Waals surface area contributed by atoms with Gasteiger partial charge in [-0.15, -0.1) is 0 Å². The number of amides is 1. The number of likely N-dealkylation sites (tertiary alicyclic amines) is 2. The highest BCUT2D eigenvalue weighted by Gasteiger charge is 2.41. The van der Waals surface area contributed by atoms with Gasteiger partial charge in [-0.3, -0.25) is 9.69 Å². The second kappa shape index (κ2) is 9.98. The number of piperidine rings is 1. The fraction of sp³-hybridized carbons (Fsp3) is 0.519. The molecule has 0 bridgehead atoms. The summed E-state index contributed by atoms with van der Waals surface area (Å²) in [4.78, 5) is 17.1. The molecule has 4 rings (SSSR count). The maximum absolute atomic E-state index is 12.8. The zero-order chi connectivity index (χ0) is 24.3. The van der Waals surface area contributed by atoms with E-state index in [-0.39, 0.29) is 11.3 Å². The summed E-state index contributed by atoms with van der Waals surface area (Å²) in [5.74, 6) is 1.24. The van der Waals surface area contributed by atoms with Gasteiger partial charge in [0.25, 0.3) is 5.91 Å². The SMILES string of the molecule is CC(C)COc1ccccc1CN1CCC2(CCN(C(=O)c3ccc(C(F)(F)F)cc3)CC2)C1. The first-order valence-electron chi connectivity index (χ1n) is 12.0. The van der Waals surface area contributed by atoms with Crippen LogP contribution in [0.3, 0.4) is 0 Å². The van der Waals surface area contributed by atoms with Crippen molar-refractivity contribution in [2.24, 2.45) is 11.3 Å². The van der Waals surface area contributed by atoms with E-state index in [1.54, 1.807) is 4.90 Å². The van der Waals surface area contributed by atoms with Crippen LogP contribution in [0.2, 0.25) is 0 Å². The minimum atomic E-state index is -4.39. The lowest BCUT2D eigenvalue weighted by molar-refractivity contribution is -0.137. The Morgan fingerprint density at radius 1 is 1.00 bits per heavy atom. The highest BCUT2D eigenvalue weighted by molar-refractivity contribution is 5.94. The van der Waals surface area contributed by atoms with Gasteiger partial charge in [0, 0.05) is 37.3 Å². The molecule has 0 saturated carbocycles. The number of ether oxygens (including phenoxy) is 1. The molecule has 2 aliphatic heterocycles. The quantitative estimate of drug-likeness (QED) is 0.525. The third-order valence-corrected chi connectivity index (χ3v) is 7.03. The minimum Gasteiger partial charge on any atom is -0.493 e. The topological polar surface area (TPSA) is 32.8 Å². The van der Waals surface area contributed by atoms with Gasteiger partial charge in [-0.1, -0.05) is 32.0 Å². The average Bonchev–Trinajstić information content (AvgIpc) is 3.20. The molecule has 2 heterocycles. The number of benzene rings is 2. The summed E-state index contributed by atoms with van der Waals surface area (Å²) in [5, 5.41) is 0. The number of hydrogen-bond donors (Lipinski definition) is 0. The molecule has 0 aromatic heterocycles. The van der Waals surface area contributed by atoms with E-state index in [4.69, 9.17) is 4.74 Å². The predicted molar refractivity (Wildman–Crippen MR) is 126 cm³/mol. The van der Waals surface area contributed by atoms with Crippen LogP contribution in [-0.2, 0) is 12.7 Å². The molecule has 0 atom stereocenters. The van der Waals surface area contributed by atoms with E-state index in [1.165, 1.54) is 17.7 Å². The monoisotopic (exact) mass is 474 g/mol. The fourth-order valence-corrected chi connectivity index (χ4v) is 5.01. The molecule has 2 aromatic carbocycles. The lowest BCUT2D eigenvalue weighted by Crippen LogP contribution is -2.44. The van der Waals surface area contributed by atoms with Crippen LogP contribution in [0.15, 0.2) is 48.5 Å². The van der Waals surface area contributed by atoms with Gasteiger partial charge in [0.1, 0.15) is 5.75 Å². The molecule has 184 valence electrons. The van der Waals surface area contributed by atoms with Crippen LogP contribution in [0.4, 0.5) is 13.2 Å². The fourth-order valence-electron chi connectivity index (χ4n) is 5.01. The van der Waals surface area contributed by atoms with Gasteiger partial charge in [-0.25, -0.2) is 0 Å². The average molecular weight is 475 g/mol. The van der Waals surface area contributed by atoms with Gasteiger partial charge >= 0.3 is 6.18 Å². The predicted octanol–water partition coefficient (Wildman–Crippen LogP) is 5.87. The Morgan fingerprint density at radius 2 is 1.65 bits per heavy atom. The van der Waals surface area contributed by atoms with Crippen molar-refractivity contribution < 1.29 is 22.7 Å². The molecule has 2 saturated heterocycles. The van der Waals surface area contributed by atoms with E-state index >= 15 is 0 Å². The van der Waals surface area contributed by atoms with Gasteiger partial charge in [-0.2, -0.15) is 13.2 Å². The van der Waals surface area contributed by atoms with Gasteiger partial charge in [0.05, 0.1) is 12.2 Å². The Bertz CT molecular complexity index is 980. The second-order valence-electron chi connectivity index (χ2n) is 10.1. The van der Waals surface area contributed by atoms with E-state index in [2.05, 4.69) is 30.9 Å². The van der Waals surface area contributed by atoms with Gasteiger partial charge < -0.3 is 9.64 Å². The molecular weight excluding hydrogens is 441 g/mol. The van der Waals surface area contributed by atoms with Crippen LogP contribution in [0.1, 0.15) is 54.6 Å². The number of carbonyl (C=O) groups is 1. The molecule has 2 aliphatic rings. The number of halogens is 3. The third kappa shape index (κ3) is 5.74. The van der Waals surface area contributed by atoms with Crippen molar-refractivity contribution in [3.8, 4) is 5.75 Å². The summed E-state index contributed by atoms with van der Waals surface area (Å²) >= 11 is 0. The van der Waals surface area contributed by atoms with Crippen molar-refractivity contribution in [3.63, 3.8) is 0 Å². The van der Waals surface area contributed by atoms with Crippen LogP contribution in [0.5, 0.6) is 5.75 Å². The smallest absolute Gasteiger partial charge is 0.416 e. The van der Waals surface area contributed by atoms with E-state index < -0.39 is 11.7 Å². The molecule has 34 heavy (non-hydrogen) atoms. The number of rotatable bonds is 6. The van der Waals surface area contributed by atoms with Crippen LogP contribution < -0.4 is 4.74 Å². The minimum absolute atomic E-state index is 0.186. The summed E-state index contributed by atoms with van der Waals surface area (Å²) in [6, 6.07) is 12.8. The molecule has 4 nitrogen and oxygen atoms in total. The Hall–Kier alpha value is -2.54. The van der Waals surface area contributed by atoms with Gasteiger partial charge in [0.2, 0.25) is 0 Å². The summed E-state index contributed by atoms with van der Waals surface area (Å²) in [6.07, 6.45) is -1.46. The molecule has 1 amide bonds. The lowest BCUT2D eigenvalue weighted by atomic mass is 9.77. The zero-order valence-electron chi connectivity index (χ0n) is 19.9. The number of para-hydroxylation sites is 1. The first kappa shape index (κ1) is 24.6. The number of nitrogens with zero attached hydrogens (tertiary/aromatic N) is 2. The number of carbonyl (C=O) groups excluding carboxylic acids is 1. The Balaban J connectivity index is 1.32. The molecule has 0 aliphatic carbocycles. The van der Waals surface area contributed by atoms with Crippen molar-refractivity contribution in [1.29, 1.82) is 0 Å². The Morgan fingerprint density at radius 3 is 2.29 bits per heavy atom. The molecule has 2 aromatic rings. The Labute approximate surface area is 199 Å². The zero-order valence-corrected chi connectivity index (χ0v) is 19.9. The van der Waals surface area contributed by atoms with Gasteiger partial charge in [-0.05, 0) is 67.5 Å². The highest BCUT2D eigenvalue weighted by atomic mass is 19.4. The largest absolute Gasteiger partial charge is 0.493 e. The van der Waals surface area contributed by atoms with Crippen LogP contribution in [0, 0.1) is 11.3 Å². The van der Waals surface area contributed by atoms with E-state index in [1.807, 2.05) is 12.1 Å². The maximum atomic E-state index is 12.8. The summed E-state index contributed by atoms with van der Waals surface area (Å²) in [7, 11) is 0. The van der Waals surface area contributed by atoms with Crippen LogP contribution in [0.25, 0.3) is 0 Å². The molecule has 1 spiro atoms. The highest BCUT2D eigenvalue weighted by Crippen LogP contribution is 2.41. The standard InChI is InChI=1S/C27H33F3N2O2/c1-20(2)18-34-24-6-4-3-5-22(24)17-31-14-11-26(19-31)12-15-32(16-13-26)25(33)21-7-9-23(10-8-21)27(28,29)30/h3-10,20H,11-19H2,1-2H3. The molecule has 0 unspecified atom stereocenters. The van der Waals surface area contributed by atoms with Gasteiger partial charge in [0.15, 0.2) is 0 Å². The Kier molecular flexibility index (Phi) is 7.22. The molecule has 7 heteroatoms. The molecule has 0 N–H and O–H groups in total. The summed E-state index contributed by atoms with van der Waals surface area (Å²) < 4.78 is 44.4. The maximum Gasteiger partial charge on any atom is 0.416 e. The first-order chi connectivity index (χ1) is 16.2.